The normalized spacial score (nSPS) is 14.2. The van der Waals surface area contributed by atoms with Crippen LogP contribution in [0.2, 0.25) is 5.02 Å². The van der Waals surface area contributed by atoms with Crippen molar-refractivity contribution in [1.82, 2.24) is 14.4 Å². The first kappa shape index (κ1) is 20.9. The zero-order chi connectivity index (χ0) is 22.2. The van der Waals surface area contributed by atoms with E-state index in [9.17, 15) is 9.90 Å². The van der Waals surface area contributed by atoms with Crippen molar-refractivity contribution in [3.8, 4) is 16.5 Å². The van der Waals surface area contributed by atoms with Crippen molar-refractivity contribution in [2.45, 2.75) is 13.3 Å². The van der Waals surface area contributed by atoms with E-state index in [1.807, 2.05) is 43.3 Å². The fraction of sp³-hybridized carbons (Fsp3) is 0.261. The minimum atomic E-state index is -0.493. The number of fused-ring (bicyclic) bond motifs is 1. The van der Waals surface area contributed by atoms with Crippen LogP contribution in [-0.4, -0.2) is 45.8 Å². The molecule has 0 aliphatic carbocycles. The van der Waals surface area contributed by atoms with Gasteiger partial charge in [-0.05, 0) is 36.8 Å². The summed E-state index contributed by atoms with van der Waals surface area (Å²) in [6.07, 6.45) is 2.44. The molecule has 4 aromatic rings. The summed E-state index contributed by atoms with van der Waals surface area (Å²) < 4.78 is 6.89. The number of aryl methyl sites for hydroxylation is 1. The summed E-state index contributed by atoms with van der Waals surface area (Å²) in [5, 5.41) is 11.9. The highest BCUT2D eigenvalue weighted by atomic mass is 35.5. The summed E-state index contributed by atoms with van der Waals surface area (Å²) >= 11 is 7.37. The average Bonchev–Trinajstić information content (AvgIpc) is 3.26. The van der Waals surface area contributed by atoms with Gasteiger partial charge in [0.1, 0.15) is 16.3 Å². The van der Waals surface area contributed by atoms with E-state index >= 15 is 0 Å². The molecule has 1 saturated heterocycles. The fourth-order valence-corrected chi connectivity index (χ4v) is 5.01. The van der Waals surface area contributed by atoms with Gasteiger partial charge in [-0.25, -0.2) is 9.97 Å². The number of anilines is 1. The molecule has 1 fully saturated rings. The number of nitrogens with zero attached hydrogens (tertiary/aromatic N) is 4. The van der Waals surface area contributed by atoms with E-state index in [0.717, 1.165) is 34.9 Å². The van der Waals surface area contributed by atoms with Gasteiger partial charge in [0, 0.05) is 41.3 Å². The summed E-state index contributed by atoms with van der Waals surface area (Å²) in [6.45, 7) is 4.68. The molecule has 1 N–H and O–H groups in total. The minimum absolute atomic E-state index is 0.209. The van der Waals surface area contributed by atoms with Crippen LogP contribution in [0.25, 0.3) is 16.3 Å². The molecule has 0 atom stereocenters. The highest BCUT2D eigenvalue weighted by Crippen LogP contribution is 2.31. The van der Waals surface area contributed by atoms with Gasteiger partial charge in [0.2, 0.25) is 5.75 Å². The van der Waals surface area contributed by atoms with Crippen LogP contribution in [0.5, 0.6) is 5.75 Å². The van der Waals surface area contributed by atoms with Gasteiger partial charge < -0.3 is 14.7 Å². The molecule has 32 heavy (non-hydrogen) atoms. The largest absolute Gasteiger partial charge is 0.501 e. The van der Waals surface area contributed by atoms with Gasteiger partial charge in [-0.3, -0.25) is 9.20 Å². The number of halogens is 1. The van der Waals surface area contributed by atoms with Crippen molar-refractivity contribution in [2.24, 2.45) is 0 Å². The maximum absolute atomic E-state index is 13.1. The van der Waals surface area contributed by atoms with Crippen molar-refractivity contribution in [2.75, 3.05) is 31.2 Å². The van der Waals surface area contributed by atoms with Crippen LogP contribution in [0.15, 0.2) is 47.4 Å². The van der Waals surface area contributed by atoms with E-state index in [4.69, 9.17) is 16.3 Å². The van der Waals surface area contributed by atoms with Crippen LogP contribution in [0.1, 0.15) is 16.1 Å². The van der Waals surface area contributed by atoms with Gasteiger partial charge in [0.15, 0.2) is 0 Å². The standard InChI is InChI=1S/C23H21ClN4O3S/c1-14-18(27-8-10-31-11-9-27)6-7-19-26-20(21(29)23(30)28(14)19)22-25-13-17(32-22)12-15-2-4-16(24)5-3-15/h2-7,13,29H,8-12H2,1H3. The van der Waals surface area contributed by atoms with E-state index in [1.165, 1.54) is 15.7 Å². The molecule has 1 aromatic carbocycles. The maximum Gasteiger partial charge on any atom is 0.301 e. The third-order valence-electron chi connectivity index (χ3n) is 5.58. The first-order valence-electron chi connectivity index (χ1n) is 10.3. The van der Waals surface area contributed by atoms with E-state index in [2.05, 4.69) is 14.9 Å². The summed E-state index contributed by atoms with van der Waals surface area (Å²) in [5.41, 5.74) is 2.98. The summed E-state index contributed by atoms with van der Waals surface area (Å²) in [5.74, 6) is -0.392. The highest BCUT2D eigenvalue weighted by molar-refractivity contribution is 7.15. The van der Waals surface area contributed by atoms with Crippen molar-refractivity contribution < 1.29 is 9.84 Å². The zero-order valence-electron chi connectivity index (χ0n) is 17.4. The number of aromatic hydroxyl groups is 1. The fourth-order valence-electron chi connectivity index (χ4n) is 3.94. The van der Waals surface area contributed by atoms with Gasteiger partial charge >= 0.3 is 5.56 Å². The monoisotopic (exact) mass is 468 g/mol. The Hall–Kier alpha value is -2.94. The van der Waals surface area contributed by atoms with Gasteiger partial charge in [0.05, 0.1) is 18.9 Å². The Labute approximate surface area is 193 Å². The molecule has 0 spiro atoms. The topological polar surface area (TPSA) is 80.0 Å². The first-order valence-corrected chi connectivity index (χ1v) is 11.5. The second-order valence-electron chi connectivity index (χ2n) is 7.65. The maximum atomic E-state index is 13.1. The molecule has 5 rings (SSSR count). The number of thiazole rings is 1. The number of ether oxygens (including phenoxy) is 1. The minimum Gasteiger partial charge on any atom is -0.501 e. The smallest absolute Gasteiger partial charge is 0.301 e. The van der Waals surface area contributed by atoms with Crippen LogP contribution < -0.4 is 10.5 Å². The van der Waals surface area contributed by atoms with E-state index in [1.54, 1.807) is 6.20 Å². The van der Waals surface area contributed by atoms with E-state index < -0.39 is 11.3 Å². The Morgan fingerprint density at radius 2 is 1.91 bits per heavy atom. The van der Waals surface area contributed by atoms with Crippen molar-refractivity contribution in [3.63, 3.8) is 0 Å². The lowest BCUT2D eigenvalue weighted by Crippen LogP contribution is -2.37. The molecule has 0 radical (unpaired) electrons. The number of morpholine rings is 1. The number of rotatable bonds is 4. The van der Waals surface area contributed by atoms with Crippen molar-refractivity contribution in [1.29, 1.82) is 0 Å². The quantitative estimate of drug-likeness (QED) is 0.489. The Morgan fingerprint density at radius 1 is 1.16 bits per heavy atom. The molecular formula is C23H21ClN4O3S. The second-order valence-corrected chi connectivity index (χ2v) is 9.20. The van der Waals surface area contributed by atoms with Crippen LogP contribution in [0, 0.1) is 6.92 Å². The van der Waals surface area contributed by atoms with E-state index in [-0.39, 0.29) is 5.69 Å². The highest BCUT2D eigenvalue weighted by Gasteiger charge is 2.21. The van der Waals surface area contributed by atoms with Crippen molar-refractivity contribution >= 4 is 34.3 Å². The molecule has 0 amide bonds. The Balaban J connectivity index is 1.51. The molecule has 9 heteroatoms. The molecule has 7 nitrogen and oxygen atoms in total. The van der Waals surface area contributed by atoms with Gasteiger partial charge in [0.25, 0.3) is 0 Å². The predicted octanol–water partition coefficient (Wildman–Crippen LogP) is 3.91. The van der Waals surface area contributed by atoms with Gasteiger partial charge in [-0.15, -0.1) is 11.3 Å². The third-order valence-corrected chi connectivity index (χ3v) is 6.84. The third kappa shape index (κ3) is 3.85. The summed E-state index contributed by atoms with van der Waals surface area (Å²) in [6, 6.07) is 11.4. The molecule has 1 aliphatic heterocycles. The molecule has 0 unspecified atom stereocenters. The molecule has 0 saturated carbocycles. The molecule has 0 bridgehead atoms. The lowest BCUT2D eigenvalue weighted by Gasteiger charge is -2.30. The second kappa shape index (κ2) is 8.54. The Morgan fingerprint density at radius 3 is 2.66 bits per heavy atom. The first-order chi connectivity index (χ1) is 15.5. The van der Waals surface area contributed by atoms with E-state index in [0.29, 0.717) is 35.3 Å². The molecule has 3 aromatic heterocycles. The summed E-state index contributed by atoms with van der Waals surface area (Å²) in [4.78, 5) is 25.3. The number of hydrogen-bond donors (Lipinski definition) is 1. The van der Waals surface area contributed by atoms with Crippen LogP contribution in [0.3, 0.4) is 0 Å². The van der Waals surface area contributed by atoms with Crippen molar-refractivity contribution in [3.05, 3.63) is 74.1 Å². The van der Waals surface area contributed by atoms with Crippen LogP contribution >= 0.6 is 22.9 Å². The number of hydrogen-bond acceptors (Lipinski definition) is 7. The Bertz CT molecular complexity index is 1340. The Kier molecular flexibility index (Phi) is 5.58. The zero-order valence-corrected chi connectivity index (χ0v) is 19.0. The SMILES string of the molecule is Cc1c(N2CCOCC2)ccc2nc(-c3ncc(Cc4ccc(Cl)cc4)s3)c(O)c(=O)n12. The van der Waals surface area contributed by atoms with Crippen LogP contribution in [-0.2, 0) is 11.2 Å². The average molecular weight is 469 g/mol. The molecular weight excluding hydrogens is 448 g/mol. The lowest BCUT2D eigenvalue weighted by atomic mass is 10.1. The van der Waals surface area contributed by atoms with Gasteiger partial charge in [-0.2, -0.15) is 0 Å². The predicted molar refractivity (Wildman–Crippen MR) is 126 cm³/mol. The molecule has 1 aliphatic rings. The number of benzene rings is 1. The number of aromatic nitrogens is 3. The molecule has 4 heterocycles. The summed E-state index contributed by atoms with van der Waals surface area (Å²) in [7, 11) is 0. The lowest BCUT2D eigenvalue weighted by molar-refractivity contribution is 0.122. The van der Waals surface area contributed by atoms with Gasteiger partial charge in [-0.1, -0.05) is 23.7 Å². The molecule has 164 valence electrons. The number of pyridine rings is 1. The van der Waals surface area contributed by atoms with Crippen LogP contribution in [0.4, 0.5) is 5.69 Å².